The van der Waals surface area contributed by atoms with Crippen LogP contribution in [-0.2, 0) is 18.4 Å². The molecule has 0 spiro atoms. The topological polar surface area (TPSA) is 59.0 Å². The molecule has 0 bridgehead atoms. The lowest BCUT2D eigenvalue weighted by Crippen LogP contribution is -2.31. The average Bonchev–Trinajstić information content (AvgIpc) is 2.87. The van der Waals surface area contributed by atoms with Crippen molar-refractivity contribution in [2.24, 2.45) is 7.05 Å². The lowest BCUT2D eigenvalue weighted by molar-refractivity contribution is -0.121. The molecule has 0 saturated carbocycles. The van der Waals surface area contributed by atoms with Gasteiger partial charge in [-0.15, -0.1) is 0 Å². The molecule has 1 aliphatic rings. The number of hydrogen-bond acceptors (Lipinski definition) is 3. The van der Waals surface area contributed by atoms with Crippen LogP contribution < -0.4 is 10.6 Å². The van der Waals surface area contributed by atoms with Crippen molar-refractivity contribution in [3.05, 3.63) is 18.0 Å². The summed E-state index contributed by atoms with van der Waals surface area (Å²) in [6, 6.07) is 2.28. The number of rotatable bonds is 4. The van der Waals surface area contributed by atoms with Gasteiger partial charge in [-0.05, 0) is 25.5 Å². The summed E-state index contributed by atoms with van der Waals surface area (Å²) in [5, 5.41) is 10.4. The first-order chi connectivity index (χ1) is 7.74. The van der Waals surface area contributed by atoms with Crippen molar-refractivity contribution in [1.82, 2.24) is 20.4 Å². The highest BCUT2D eigenvalue weighted by molar-refractivity contribution is 5.76. The van der Waals surface area contributed by atoms with Crippen LogP contribution in [0, 0.1) is 0 Å². The van der Waals surface area contributed by atoms with Crippen LogP contribution >= 0.6 is 0 Å². The Hall–Kier alpha value is -1.36. The molecular weight excluding hydrogens is 204 g/mol. The summed E-state index contributed by atoms with van der Waals surface area (Å²) in [6.45, 7) is 1.56. The smallest absolute Gasteiger partial charge is 0.221 e. The molecule has 1 aromatic heterocycles. The largest absolute Gasteiger partial charge is 0.350 e. The third kappa shape index (κ3) is 3.06. The van der Waals surface area contributed by atoms with E-state index >= 15 is 0 Å². The predicted octanol–water partition coefficient (Wildman–Crippen LogP) is 0.178. The molecule has 1 fully saturated rings. The zero-order valence-corrected chi connectivity index (χ0v) is 9.57. The lowest BCUT2D eigenvalue weighted by atomic mass is 10.1. The Bertz CT molecular complexity index is 355. The first-order valence-electron chi connectivity index (χ1n) is 5.72. The number of carbonyl (C=O) groups excluding carboxylic acids is 1. The van der Waals surface area contributed by atoms with E-state index in [2.05, 4.69) is 15.7 Å². The summed E-state index contributed by atoms with van der Waals surface area (Å²) in [5.41, 5.74) is 0.898. The molecule has 5 nitrogen and oxygen atoms in total. The fourth-order valence-corrected chi connectivity index (χ4v) is 1.97. The van der Waals surface area contributed by atoms with E-state index in [-0.39, 0.29) is 5.91 Å². The number of carbonyl (C=O) groups is 1. The summed E-state index contributed by atoms with van der Waals surface area (Å²) in [5.74, 6) is 0.102. The monoisotopic (exact) mass is 222 g/mol. The van der Waals surface area contributed by atoms with Gasteiger partial charge in [-0.25, -0.2) is 0 Å². The Labute approximate surface area is 95.2 Å². The molecule has 0 radical (unpaired) electrons. The van der Waals surface area contributed by atoms with E-state index in [0.717, 1.165) is 18.7 Å². The molecule has 1 saturated heterocycles. The molecule has 1 atom stereocenters. The van der Waals surface area contributed by atoms with Gasteiger partial charge in [-0.1, -0.05) is 0 Å². The van der Waals surface area contributed by atoms with Crippen molar-refractivity contribution >= 4 is 5.91 Å². The van der Waals surface area contributed by atoms with E-state index < -0.39 is 0 Å². The fourth-order valence-electron chi connectivity index (χ4n) is 1.97. The Balaban J connectivity index is 1.71. The number of amides is 1. The van der Waals surface area contributed by atoms with Gasteiger partial charge in [-0.3, -0.25) is 9.48 Å². The van der Waals surface area contributed by atoms with Crippen LogP contribution in [0.1, 0.15) is 25.0 Å². The number of nitrogens with zero attached hydrogens (tertiary/aromatic N) is 2. The molecule has 1 aliphatic heterocycles. The standard InChI is InChI=1S/C11H18N4O/c1-15-6-4-10(14-15)8-13-11(16)7-9-3-2-5-12-9/h4,6,9,12H,2-3,5,7-8H2,1H3,(H,13,16). The highest BCUT2D eigenvalue weighted by atomic mass is 16.1. The Morgan fingerprint density at radius 3 is 3.25 bits per heavy atom. The number of aryl methyl sites for hydroxylation is 1. The van der Waals surface area contributed by atoms with Crippen molar-refractivity contribution in [2.45, 2.75) is 31.8 Å². The third-order valence-corrected chi connectivity index (χ3v) is 2.83. The van der Waals surface area contributed by atoms with Crippen LogP contribution in [0.25, 0.3) is 0 Å². The summed E-state index contributed by atoms with van der Waals surface area (Å²) >= 11 is 0. The van der Waals surface area contributed by atoms with E-state index in [1.54, 1.807) is 4.68 Å². The van der Waals surface area contributed by atoms with Gasteiger partial charge >= 0.3 is 0 Å². The number of nitrogens with one attached hydrogen (secondary N) is 2. The molecule has 1 unspecified atom stereocenters. The first kappa shape index (κ1) is 11.1. The molecule has 5 heteroatoms. The second-order valence-electron chi connectivity index (χ2n) is 4.25. The first-order valence-corrected chi connectivity index (χ1v) is 5.72. The summed E-state index contributed by atoms with van der Waals surface area (Å²) in [4.78, 5) is 11.6. The number of hydrogen-bond donors (Lipinski definition) is 2. The van der Waals surface area contributed by atoms with Gasteiger partial charge in [0, 0.05) is 25.7 Å². The van der Waals surface area contributed by atoms with Crippen molar-refractivity contribution < 1.29 is 4.79 Å². The minimum Gasteiger partial charge on any atom is -0.350 e. The third-order valence-electron chi connectivity index (χ3n) is 2.83. The van der Waals surface area contributed by atoms with Crippen LogP contribution in [0.3, 0.4) is 0 Å². The molecule has 0 aliphatic carbocycles. The zero-order valence-electron chi connectivity index (χ0n) is 9.57. The highest BCUT2D eigenvalue weighted by Crippen LogP contribution is 2.08. The van der Waals surface area contributed by atoms with Gasteiger partial charge in [-0.2, -0.15) is 5.10 Å². The van der Waals surface area contributed by atoms with Gasteiger partial charge in [0.15, 0.2) is 0 Å². The minimum absolute atomic E-state index is 0.102. The maximum Gasteiger partial charge on any atom is 0.221 e. The van der Waals surface area contributed by atoms with E-state index in [1.165, 1.54) is 6.42 Å². The fraction of sp³-hybridized carbons (Fsp3) is 0.636. The van der Waals surface area contributed by atoms with Gasteiger partial charge in [0.05, 0.1) is 12.2 Å². The van der Waals surface area contributed by atoms with Crippen LogP contribution in [0.2, 0.25) is 0 Å². The molecule has 16 heavy (non-hydrogen) atoms. The molecule has 1 amide bonds. The lowest BCUT2D eigenvalue weighted by Gasteiger charge is -2.09. The quantitative estimate of drug-likeness (QED) is 0.764. The van der Waals surface area contributed by atoms with E-state index in [9.17, 15) is 4.79 Å². The van der Waals surface area contributed by atoms with E-state index in [1.807, 2.05) is 19.3 Å². The molecule has 2 rings (SSSR count). The summed E-state index contributed by atoms with van der Waals surface area (Å²) < 4.78 is 1.74. The molecule has 88 valence electrons. The van der Waals surface area contributed by atoms with Gasteiger partial charge in [0.1, 0.15) is 0 Å². The normalized spacial score (nSPS) is 19.9. The molecule has 2 heterocycles. The van der Waals surface area contributed by atoms with Crippen LogP contribution in [0.15, 0.2) is 12.3 Å². The highest BCUT2D eigenvalue weighted by Gasteiger charge is 2.17. The van der Waals surface area contributed by atoms with Gasteiger partial charge < -0.3 is 10.6 Å². The number of aromatic nitrogens is 2. The molecule has 0 aromatic carbocycles. The van der Waals surface area contributed by atoms with Crippen molar-refractivity contribution in [3.63, 3.8) is 0 Å². The summed E-state index contributed by atoms with van der Waals surface area (Å²) in [6.07, 6.45) is 4.74. The maximum atomic E-state index is 11.6. The maximum absolute atomic E-state index is 11.6. The average molecular weight is 222 g/mol. The summed E-state index contributed by atoms with van der Waals surface area (Å²) in [7, 11) is 1.87. The predicted molar refractivity (Wildman–Crippen MR) is 60.7 cm³/mol. The van der Waals surface area contributed by atoms with Gasteiger partial charge in [0.2, 0.25) is 5.91 Å². The van der Waals surface area contributed by atoms with Gasteiger partial charge in [0.25, 0.3) is 0 Å². The van der Waals surface area contributed by atoms with Crippen molar-refractivity contribution in [2.75, 3.05) is 6.54 Å². The van der Waals surface area contributed by atoms with Crippen LogP contribution in [0.5, 0.6) is 0 Å². The Morgan fingerprint density at radius 2 is 2.62 bits per heavy atom. The second kappa shape index (κ2) is 5.12. The SMILES string of the molecule is Cn1ccc(CNC(=O)CC2CCCN2)n1. The molecule has 1 aromatic rings. The Kier molecular flexibility index (Phi) is 3.56. The second-order valence-corrected chi connectivity index (χ2v) is 4.25. The molecular formula is C11H18N4O. The zero-order chi connectivity index (χ0) is 11.4. The van der Waals surface area contributed by atoms with Crippen molar-refractivity contribution in [1.29, 1.82) is 0 Å². The van der Waals surface area contributed by atoms with E-state index in [0.29, 0.717) is 19.0 Å². The minimum atomic E-state index is 0.102. The van der Waals surface area contributed by atoms with E-state index in [4.69, 9.17) is 0 Å². The Morgan fingerprint density at radius 1 is 1.75 bits per heavy atom. The van der Waals surface area contributed by atoms with Crippen LogP contribution in [0.4, 0.5) is 0 Å². The molecule has 2 N–H and O–H groups in total. The van der Waals surface area contributed by atoms with Crippen LogP contribution in [-0.4, -0.2) is 28.3 Å². The van der Waals surface area contributed by atoms with Crippen molar-refractivity contribution in [3.8, 4) is 0 Å².